The fourth-order valence-electron chi connectivity index (χ4n) is 4.27. The van der Waals surface area contributed by atoms with Gasteiger partial charge in [0.2, 0.25) is 16.9 Å². The van der Waals surface area contributed by atoms with Crippen LogP contribution >= 0.6 is 11.3 Å². The van der Waals surface area contributed by atoms with Crippen LogP contribution in [-0.4, -0.2) is 26.9 Å². The quantitative estimate of drug-likeness (QED) is 0.376. The number of hydrogen-bond acceptors (Lipinski definition) is 7. The maximum Gasteiger partial charge on any atom is 0.232 e. The highest BCUT2D eigenvalue weighted by atomic mass is 32.1. The molecule has 2 aromatic heterocycles. The Labute approximate surface area is 200 Å². The molecule has 1 unspecified atom stereocenters. The second-order valence-corrected chi connectivity index (χ2v) is 9.55. The number of benzene rings is 2. The van der Waals surface area contributed by atoms with Crippen LogP contribution in [0.3, 0.4) is 0 Å². The molecule has 1 atom stereocenters. The Bertz CT molecular complexity index is 1380. The molecule has 0 fully saturated rings. The number of ketones is 1. The van der Waals surface area contributed by atoms with Crippen molar-refractivity contribution >= 4 is 28.2 Å². The van der Waals surface area contributed by atoms with Gasteiger partial charge in [0.15, 0.2) is 5.78 Å². The number of ether oxygens (including phenoxy) is 1. The molecule has 0 spiro atoms. The summed E-state index contributed by atoms with van der Waals surface area (Å²) in [6, 6.07) is 18.9. The Kier molecular flexibility index (Phi) is 5.45. The zero-order valence-corrected chi connectivity index (χ0v) is 19.7. The molecule has 170 valence electrons. The van der Waals surface area contributed by atoms with Crippen LogP contribution in [0.1, 0.15) is 48.2 Å². The van der Waals surface area contributed by atoms with E-state index in [0.29, 0.717) is 22.3 Å². The summed E-state index contributed by atoms with van der Waals surface area (Å²) in [5.41, 5.74) is 4.74. The van der Waals surface area contributed by atoms with Crippen molar-refractivity contribution in [2.45, 2.75) is 26.7 Å². The van der Waals surface area contributed by atoms with Gasteiger partial charge in [-0.25, -0.2) is 4.98 Å². The first-order chi connectivity index (χ1) is 16.3. The van der Waals surface area contributed by atoms with Crippen molar-refractivity contribution in [2.24, 2.45) is 5.41 Å². The molecule has 0 saturated carbocycles. The van der Waals surface area contributed by atoms with E-state index in [1.54, 1.807) is 24.6 Å². The second-order valence-electron chi connectivity index (χ2n) is 8.72. The van der Waals surface area contributed by atoms with Crippen molar-refractivity contribution in [3.63, 3.8) is 0 Å². The number of pyridine rings is 1. The summed E-state index contributed by atoms with van der Waals surface area (Å²) < 4.78 is 6.20. The highest BCUT2D eigenvalue weighted by molar-refractivity contribution is 7.13. The van der Waals surface area contributed by atoms with Gasteiger partial charge >= 0.3 is 0 Å². The number of para-hydroxylation sites is 1. The first kappa shape index (κ1) is 21.9. The maximum absolute atomic E-state index is 13.4. The summed E-state index contributed by atoms with van der Waals surface area (Å²) in [5.74, 6) is 0.701. The van der Waals surface area contributed by atoms with Crippen LogP contribution in [0.2, 0.25) is 0 Å². The van der Waals surface area contributed by atoms with Gasteiger partial charge < -0.3 is 10.1 Å². The average Bonchev–Trinajstić information content (AvgIpc) is 3.35. The van der Waals surface area contributed by atoms with Gasteiger partial charge in [0, 0.05) is 28.2 Å². The lowest BCUT2D eigenvalue weighted by Crippen LogP contribution is -2.38. The molecule has 4 aromatic rings. The summed E-state index contributed by atoms with van der Waals surface area (Å²) in [6.45, 7) is 5.36. The predicted octanol–water partition coefficient (Wildman–Crippen LogP) is 5.71. The minimum Gasteiger partial charge on any atom is -0.438 e. The Morgan fingerprint density at radius 2 is 1.76 bits per heavy atom. The molecule has 8 heteroatoms. The summed E-state index contributed by atoms with van der Waals surface area (Å²) in [7, 11) is 0. The summed E-state index contributed by atoms with van der Waals surface area (Å²) in [4.78, 5) is 29.8. The number of carbonyl (C=O) groups is 2. The van der Waals surface area contributed by atoms with Crippen molar-refractivity contribution < 1.29 is 14.3 Å². The number of fused-ring (bicyclic) bond motifs is 2. The zero-order chi connectivity index (χ0) is 23.9. The normalized spacial score (nSPS) is 14.5. The Morgan fingerprint density at radius 3 is 2.47 bits per heavy atom. The number of nitrogens with one attached hydrogen (secondary N) is 1. The highest BCUT2D eigenvalue weighted by Gasteiger charge is 2.44. The van der Waals surface area contributed by atoms with Gasteiger partial charge in [0.1, 0.15) is 11.3 Å². The van der Waals surface area contributed by atoms with E-state index in [-0.39, 0.29) is 17.6 Å². The molecule has 34 heavy (non-hydrogen) atoms. The molecule has 1 amide bonds. The van der Waals surface area contributed by atoms with Gasteiger partial charge in [-0.1, -0.05) is 73.7 Å². The summed E-state index contributed by atoms with van der Waals surface area (Å²) >= 11 is 1.28. The van der Waals surface area contributed by atoms with Crippen LogP contribution in [0.4, 0.5) is 5.13 Å². The maximum atomic E-state index is 13.4. The molecule has 3 heterocycles. The van der Waals surface area contributed by atoms with E-state index in [1.807, 2.05) is 62.4 Å². The average molecular weight is 471 g/mol. The van der Waals surface area contributed by atoms with Crippen LogP contribution in [0.5, 0.6) is 11.6 Å². The number of carbonyl (C=O) groups excluding carboxylic acids is 2. The number of rotatable bonds is 5. The largest absolute Gasteiger partial charge is 0.438 e. The highest BCUT2D eigenvalue weighted by Crippen LogP contribution is 2.51. The van der Waals surface area contributed by atoms with E-state index < -0.39 is 5.41 Å². The van der Waals surface area contributed by atoms with Crippen molar-refractivity contribution in [1.29, 1.82) is 0 Å². The lowest BCUT2D eigenvalue weighted by Gasteiger charge is -2.37. The molecule has 1 N–H and O–H groups in total. The molecule has 0 bridgehead atoms. The lowest BCUT2D eigenvalue weighted by molar-refractivity contribution is -0.124. The van der Waals surface area contributed by atoms with Gasteiger partial charge in [-0.3, -0.25) is 9.59 Å². The van der Waals surface area contributed by atoms with Crippen molar-refractivity contribution in [3.05, 3.63) is 82.9 Å². The first-order valence-corrected chi connectivity index (χ1v) is 11.7. The van der Waals surface area contributed by atoms with Crippen molar-refractivity contribution in [2.75, 3.05) is 5.32 Å². The summed E-state index contributed by atoms with van der Waals surface area (Å²) in [6.07, 6.45) is 0. The number of anilines is 1. The van der Waals surface area contributed by atoms with E-state index in [4.69, 9.17) is 9.72 Å². The van der Waals surface area contributed by atoms with Crippen LogP contribution in [0.25, 0.3) is 11.3 Å². The van der Waals surface area contributed by atoms with E-state index in [9.17, 15) is 9.59 Å². The number of aromatic nitrogens is 3. The minimum atomic E-state index is -0.841. The van der Waals surface area contributed by atoms with Gasteiger partial charge in [0.05, 0.1) is 11.1 Å². The second kappa shape index (κ2) is 8.46. The molecule has 2 aromatic carbocycles. The molecule has 0 radical (unpaired) electrons. The van der Waals surface area contributed by atoms with E-state index >= 15 is 0 Å². The standard InChI is InChI=1S/C26H22N4O3S/c1-15(31)16-8-10-17(11-9-16)20-13-12-19-22(18-6-4-5-7-21(18)33-23(19)28-20)26(2,3)24(32)29-25-30-27-14-34-25/h4-14,22H,1-3H3,(H,29,30,32). The topological polar surface area (TPSA) is 94.1 Å². The van der Waals surface area contributed by atoms with E-state index in [1.165, 1.54) is 11.3 Å². The number of Topliss-reactive ketones (excluding diaryl/α,β-unsaturated/α-hetero) is 1. The third-order valence-electron chi connectivity index (χ3n) is 6.11. The van der Waals surface area contributed by atoms with Gasteiger partial charge in [-0.15, -0.1) is 10.2 Å². The third kappa shape index (κ3) is 3.86. The SMILES string of the molecule is CC(=O)c1ccc(-c2ccc3c(n2)Oc2ccccc2C3C(C)(C)C(=O)Nc2nncs2)cc1. The molecule has 7 nitrogen and oxygen atoms in total. The summed E-state index contributed by atoms with van der Waals surface area (Å²) in [5, 5.41) is 11.1. The number of nitrogens with zero attached hydrogens (tertiary/aromatic N) is 3. The Hall–Kier alpha value is -3.91. The number of amides is 1. The molecule has 1 aliphatic rings. The fraction of sp³-hybridized carbons (Fsp3) is 0.192. The predicted molar refractivity (Wildman–Crippen MR) is 130 cm³/mol. The molecular formula is C26H22N4O3S. The molecule has 0 aliphatic carbocycles. The van der Waals surface area contributed by atoms with Gasteiger partial charge in [0.25, 0.3) is 0 Å². The molecule has 5 rings (SSSR count). The van der Waals surface area contributed by atoms with E-state index in [0.717, 1.165) is 22.4 Å². The van der Waals surface area contributed by atoms with Crippen LogP contribution in [-0.2, 0) is 4.79 Å². The fourth-order valence-corrected chi connectivity index (χ4v) is 4.71. The number of hydrogen-bond donors (Lipinski definition) is 1. The smallest absolute Gasteiger partial charge is 0.232 e. The lowest BCUT2D eigenvalue weighted by atomic mass is 9.69. The van der Waals surface area contributed by atoms with Gasteiger partial charge in [-0.2, -0.15) is 0 Å². The minimum absolute atomic E-state index is 0.0155. The zero-order valence-electron chi connectivity index (χ0n) is 18.9. The van der Waals surface area contributed by atoms with Crippen molar-refractivity contribution in [3.8, 4) is 22.9 Å². The molecule has 1 aliphatic heterocycles. The monoisotopic (exact) mass is 470 g/mol. The Balaban J connectivity index is 1.56. The van der Waals surface area contributed by atoms with Crippen LogP contribution < -0.4 is 10.1 Å². The van der Waals surface area contributed by atoms with Crippen molar-refractivity contribution in [1.82, 2.24) is 15.2 Å². The van der Waals surface area contributed by atoms with E-state index in [2.05, 4.69) is 15.5 Å². The van der Waals surface area contributed by atoms with Crippen LogP contribution in [0.15, 0.2) is 66.2 Å². The first-order valence-electron chi connectivity index (χ1n) is 10.8. The Morgan fingerprint density at radius 1 is 1.00 bits per heavy atom. The van der Waals surface area contributed by atoms with Crippen LogP contribution in [0, 0.1) is 5.41 Å². The van der Waals surface area contributed by atoms with Gasteiger partial charge in [-0.05, 0) is 19.1 Å². The molecular weight excluding hydrogens is 448 g/mol. The molecule has 0 saturated heterocycles. The third-order valence-corrected chi connectivity index (χ3v) is 6.72.